The van der Waals surface area contributed by atoms with Gasteiger partial charge in [0.15, 0.2) is 5.96 Å². The number of guanidine groups is 1. The molecule has 7 heteroatoms. The maximum atomic E-state index is 13.4. The van der Waals surface area contributed by atoms with Gasteiger partial charge in [-0.3, -0.25) is 0 Å². The second kappa shape index (κ2) is 13.0. The van der Waals surface area contributed by atoms with Crippen molar-refractivity contribution in [3.05, 3.63) is 71.5 Å². The lowest BCUT2D eigenvalue weighted by Gasteiger charge is -2.41. The summed E-state index contributed by atoms with van der Waals surface area (Å²) in [7, 11) is 0. The molecule has 1 saturated heterocycles. The number of halogens is 2. The molecule has 1 heterocycles. The molecule has 0 radical (unpaired) electrons. The number of hydrogen-bond acceptors (Lipinski definition) is 3. The summed E-state index contributed by atoms with van der Waals surface area (Å²) < 4.78 is 19.1. The van der Waals surface area contributed by atoms with Crippen molar-refractivity contribution in [2.45, 2.75) is 44.8 Å². The zero-order valence-corrected chi connectivity index (χ0v) is 20.7. The molecular weight excluding hydrogens is 506 g/mol. The predicted octanol–water partition coefficient (Wildman–Crippen LogP) is 4.40. The lowest BCUT2D eigenvalue weighted by atomic mass is 9.88. The second-order valence-corrected chi connectivity index (χ2v) is 7.85. The first-order chi connectivity index (χ1) is 14.6. The number of ether oxygens (including phenoxy) is 1. The third-order valence-electron chi connectivity index (χ3n) is 5.52. The van der Waals surface area contributed by atoms with Crippen LogP contribution in [0.25, 0.3) is 0 Å². The van der Waals surface area contributed by atoms with Crippen molar-refractivity contribution in [3.63, 3.8) is 0 Å². The molecule has 1 unspecified atom stereocenters. The van der Waals surface area contributed by atoms with Crippen molar-refractivity contribution in [1.29, 1.82) is 0 Å². The monoisotopic (exact) mass is 540 g/mol. The molecule has 1 fully saturated rings. The van der Waals surface area contributed by atoms with Gasteiger partial charge in [-0.2, -0.15) is 0 Å². The molecule has 0 amide bonds. The van der Waals surface area contributed by atoms with Gasteiger partial charge in [0.2, 0.25) is 0 Å². The van der Waals surface area contributed by atoms with Gasteiger partial charge in [0.05, 0.1) is 6.54 Å². The smallest absolute Gasteiger partial charge is 0.191 e. The fourth-order valence-electron chi connectivity index (χ4n) is 3.82. The molecule has 3 rings (SSSR count). The van der Waals surface area contributed by atoms with Crippen LogP contribution in [0.4, 0.5) is 4.39 Å². The largest absolute Gasteiger partial charge is 0.381 e. The minimum atomic E-state index is -0.235. The summed E-state index contributed by atoms with van der Waals surface area (Å²) in [6, 6.07) is 17.3. The maximum absolute atomic E-state index is 13.4. The molecule has 1 aliphatic rings. The number of aliphatic imine (C=N–C) groups is 1. The number of hydrogen-bond donors (Lipinski definition) is 3. The normalized spacial score (nSPS) is 16.8. The van der Waals surface area contributed by atoms with Crippen LogP contribution in [0.3, 0.4) is 0 Å². The fourth-order valence-corrected chi connectivity index (χ4v) is 3.82. The molecule has 0 spiro atoms. The third kappa shape index (κ3) is 8.05. The van der Waals surface area contributed by atoms with Crippen LogP contribution in [0.5, 0.6) is 0 Å². The Bertz CT molecular complexity index is 812. The van der Waals surface area contributed by atoms with Gasteiger partial charge in [-0.05, 0) is 49.9 Å². The molecule has 5 nitrogen and oxygen atoms in total. The first-order valence-corrected chi connectivity index (χ1v) is 10.8. The molecule has 31 heavy (non-hydrogen) atoms. The van der Waals surface area contributed by atoms with E-state index in [0.717, 1.165) is 50.7 Å². The van der Waals surface area contributed by atoms with E-state index in [9.17, 15) is 4.39 Å². The van der Waals surface area contributed by atoms with E-state index < -0.39 is 0 Å². The van der Waals surface area contributed by atoms with Gasteiger partial charge in [-0.1, -0.05) is 42.5 Å². The lowest BCUT2D eigenvalue weighted by molar-refractivity contribution is 0.0355. The predicted molar refractivity (Wildman–Crippen MR) is 135 cm³/mol. The molecule has 1 aliphatic heterocycles. The van der Waals surface area contributed by atoms with Crippen LogP contribution in [0.2, 0.25) is 0 Å². The van der Waals surface area contributed by atoms with E-state index >= 15 is 0 Å². The van der Waals surface area contributed by atoms with Crippen molar-refractivity contribution in [3.8, 4) is 0 Å². The van der Waals surface area contributed by atoms with Crippen molar-refractivity contribution >= 4 is 29.9 Å². The van der Waals surface area contributed by atoms with Gasteiger partial charge in [0.25, 0.3) is 0 Å². The zero-order chi connectivity index (χ0) is 21.2. The van der Waals surface area contributed by atoms with Gasteiger partial charge >= 0.3 is 0 Å². The van der Waals surface area contributed by atoms with Crippen LogP contribution >= 0.6 is 24.0 Å². The Balaban J connectivity index is 0.00000341. The van der Waals surface area contributed by atoms with Gasteiger partial charge in [0, 0.05) is 37.9 Å². The Morgan fingerprint density at radius 3 is 2.52 bits per heavy atom. The van der Waals surface area contributed by atoms with Gasteiger partial charge in [-0.25, -0.2) is 9.38 Å². The molecule has 2 aromatic rings. The number of nitrogens with zero attached hydrogens (tertiary/aromatic N) is 1. The summed E-state index contributed by atoms with van der Waals surface area (Å²) in [5, 5.41) is 10.6. The highest BCUT2D eigenvalue weighted by atomic mass is 127. The van der Waals surface area contributed by atoms with E-state index in [2.05, 4.69) is 52.1 Å². The minimum Gasteiger partial charge on any atom is -0.381 e. The van der Waals surface area contributed by atoms with Crippen molar-refractivity contribution in [2.75, 3.05) is 26.3 Å². The highest BCUT2D eigenvalue weighted by Crippen LogP contribution is 2.25. The molecule has 0 saturated carbocycles. The van der Waals surface area contributed by atoms with Crippen molar-refractivity contribution < 1.29 is 9.13 Å². The van der Waals surface area contributed by atoms with E-state index in [1.165, 1.54) is 17.7 Å². The Labute approximate surface area is 202 Å². The van der Waals surface area contributed by atoms with Crippen molar-refractivity contribution in [2.24, 2.45) is 4.99 Å². The summed E-state index contributed by atoms with van der Waals surface area (Å²) in [4.78, 5) is 4.65. The third-order valence-corrected chi connectivity index (χ3v) is 5.52. The molecule has 0 aromatic heterocycles. The first kappa shape index (κ1) is 25.5. The van der Waals surface area contributed by atoms with Crippen LogP contribution in [0, 0.1) is 5.82 Å². The maximum Gasteiger partial charge on any atom is 0.191 e. The van der Waals surface area contributed by atoms with Crippen LogP contribution in [-0.2, 0) is 11.3 Å². The summed E-state index contributed by atoms with van der Waals surface area (Å²) in [5.74, 6) is 0.503. The van der Waals surface area contributed by atoms with Gasteiger partial charge in [-0.15, -0.1) is 24.0 Å². The van der Waals surface area contributed by atoms with Gasteiger partial charge < -0.3 is 20.7 Å². The molecular formula is C24H34FIN4O. The van der Waals surface area contributed by atoms with E-state index in [1.807, 2.05) is 19.1 Å². The summed E-state index contributed by atoms with van der Waals surface area (Å²) >= 11 is 0. The van der Waals surface area contributed by atoms with E-state index in [-0.39, 0.29) is 41.4 Å². The average molecular weight is 540 g/mol. The van der Waals surface area contributed by atoms with Crippen LogP contribution in [-0.4, -0.2) is 37.8 Å². The highest BCUT2D eigenvalue weighted by Gasteiger charge is 2.34. The Morgan fingerprint density at radius 2 is 1.84 bits per heavy atom. The quantitative estimate of drug-likeness (QED) is 0.264. The van der Waals surface area contributed by atoms with Crippen LogP contribution in [0.1, 0.15) is 43.9 Å². The topological polar surface area (TPSA) is 57.7 Å². The standard InChI is InChI=1S/C24H33FN4O.HI/c1-3-26-23(27-17-20-8-7-11-22(25)16-20)28-18-24(12-14-30-15-13-24)29-19(2)21-9-5-4-6-10-21;/h4-11,16,19,29H,3,12-15,17-18H2,1-2H3,(H2,26,27,28);1H. The SMILES string of the molecule is CCNC(=NCc1cccc(F)c1)NCC1(NC(C)c2ccccc2)CCOCC1.I. The molecule has 1 atom stereocenters. The molecule has 170 valence electrons. The first-order valence-electron chi connectivity index (χ1n) is 10.8. The van der Waals surface area contributed by atoms with Gasteiger partial charge in [0.1, 0.15) is 5.82 Å². The number of nitrogens with one attached hydrogen (secondary N) is 3. The molecule has 0 aliphatic carbocycles. The average Bonchev–Trinajstić information content (AvgIpc) is 2.77. The zero-order valence-electron chi connectivity index (χ0n) is 18.4. The Hall–Kier alpha value is -1.71. The summed E-state index contributed by atoms with van der Waals surface area (Å²) in [6.45, 7) is 7.66. The van der Waals surface area contributed by atoms with E-state index in [0.29, 0.717) is 6.54 Å². The molecule has 3 N–H and O–H groups in total. The second-order valence-electron chi connectivity index (χ2n) is 7.85. The summed E-state index contributed by atoms with van der Waals surface area (Å²) in [6.07, 6.45) is 1.86. The Kier molecular flexibility index (Phi) is 10.7. The van der Waals surface area contributed by atoms with Crippen LogP contribution < -0.4 is 16.0 Å². The summed E-state index contributed by atoms with van der Waals surface area (Å²) in [5.41, 5.74) is 2.04. The minimum absolute atomic E-state index is 0. The van der Waals surface area contributed by atoms with Crippen LogP contribution in [0.15, 0.2) is 59.6 Å². The fraction of sp³-hybridized carbons (Fsp3) is 0.458. The number of rotatable bonds is 8. The Morgan fingerprint density at radius 1 is 1.10 bits per heavy atom. The molecule has 0 bridgehead atoms. The lowest BCUT2D eigenvalue weighted by Crippen LogP contribution is -2.58. The van der Waals surface area contributed by atoms with Crippen molar-refractivity contribution in [1.82, 2.24) is 16.0 Å². The molecule has 2 aromatic carbocycles. The van der Waals surface area contributed by atoms with E-state index in [4.69, 9.17) is 4.74 Å². The highest BCUT2D eigenvalue weighted by molar-refractivity contribution is 14.0. The van der Waals surface area contributed by atoms with E-state index in [1.54, 1.807) is 6.07 Å². The number of benzene rings is 2.